The molecule has 0 aromatic heterocycles. The van der Waals surface area contributed by atoms with E-state index in [1.54, 1.807) is 0 Å². The number of rotatable bonds is 7. The van der Waals surface area contributed by atoms with Gasteiger partial charge in [-0.05, 0) is 19.1 Å². The van der Waals surface area contributed by atoms with Crippen molar-refractivity contribution in [1.29, 1.82) is 0 Å². The molecule has 0 N–H and O–H groups in total. The van der Waals surface area contributed by atoms with E-state index in [1.807, 2.05) is 47.3 Å². The van der Waals surface area contributed by atoms with Crippen LogP contribution < -0.4 is 4.74 Å². The molecule has 0 aliphatic rings. The van der Waals surface area contributed by atoms with Crippen molar-refractivity contribution in [2.45, 2.75) is 6.92 Å². The van der Waals surface area contributed by atoms with Crippen LogP contribution >= 0.6 is 23.0 Å². The zero-order valence-electron chi connectivity index (χ0n) is 8.74. The summed E-state index contributed by atoms with van der Waals surface area (Å²) >= 11 is 1.85. The highest BCUT2D eigenvalue weighted by atomic mass is 127. The maximum atomic E-state index is 5.47. The van der Waals surface area contributed by atoms with Crippen LogP contribution in [-0.2, 0) is 7.80 Å². The van der Waals surface area contributed by atoms with Crippen molar-refractivity contribution in [3.05, 3.63) is 29.8 Å². The summed E-state index contributed by atoms with van der Waals surface area (Å²) in [6.07, 6.45) is 0. The summed E-state index contributed by atoms with van der Waals surface area (Å²) in [6, 6.07) is 7.98. The molecule has 0 spiro atoms. The Morgan fingerprint density at radius 3 is 2.33 bits per heavy atom. The Hall–Kier alpha value is -0.330. The molecule has 84 valence electrons. The monoisotopic (exact) mass is 322 g/mol. The highest BCUT2D eigenvalue weighted by Crippen LogP contribution is 2.10. The van der Waals surface area contributed by atoms with Crippen LogP contribution in [0.15, 0.2) is 24.3 Å². The summed E-state index contributed by atoms with van der Waals surface area (Å²) < 4.78 is 15.6. The fourth-order valence-electron chi connectivity index (χ4n) is 1.05. The van der Waals surface area contributed by atoms with Crippen LogP contribution in [0, 0.1) is 6.92 Å². The predicted molar refractivity (Wildman–Crippen MR) is 67.5 cm³/mol. The summed E-state index contributed by atoms with van der Waals surface area (Å²) in [6.45, 7) is 4.44. The highest BCUT2D eigenvalue weighted by molar-refractivity contribution is 14.1. The van der Waals surface area contributed by atoms with Gasteiger partial charge in [-0.1, -0.05) is 17.7 Å². The predicted octanol–water partition coefficient (Wildman–Crippen LogP) is 2.76. The number of benzene rings is 1. The molecule has 1 aromatic rings. The molecule has 0 saturated heterocycles. The van der Waals surface area contributed by atoms with E-state index in [4.69, 9.17) is 12.5 Å². The molecule has 1 aromatic carbocycles. The lowest BCUT2D eigenvalue weighted by atomic mass is 10.2. The maximum Gasteiger partial charge on any atom is 0.119 e. The standard InChI is InChI=1S/C11H15IO3/c1-10-2-4-11(5-3-10)14-8-6-13-7-9-15-12/h2-5H,6-9H2,1H3. The number of halogens is 1. The highest BCUT2D eigenvalue weighted by Gasteiger charge is 1.93. The minimum atomic E-state index is 0.574. The van der Waals surface area contributed by atoms with Gasteiger partial charge < -0.3 is 12.5 Å². The van der Waals surface area contributed by atoms with Crippen LogP contribution in [0.25, 0.3) is 0 Å². The minimum absolute atomic E-state index is 0.574. The van der Waals surface area contributed by atoms with Crippen molar-refractivity contribution >= 4 is 23.0 Å². The number of hydrogen-bond donors (Lipinski definition) is 0. The molecule has 0 aliphatic heterocycles. The summed E-state index contributed by atoms with van der Waals surface area (Å²) in [4.78, 5) is 0. The molecule has 0 amide bonds. The summed E-state index contributed by atoms with van der Waals surface area (Å²) in [5.74, 6) is 0.884. The van der Waals surface area contributed by atoms with E-state index in [9.17, 15) is 0 Å². The number of ether oxygens (including phenoxy) is 2. The Kier molecular flexibility index (Phi) is 6.71. The second-order valence-electron chi connectivity index (χ2n) is 3.09. The van der Waals surface area contributed by atoms with Crippen LogP contribution in [0.3, 0.4) is 0 Å². The van der Waals surface area contributed by atoms with E-state index < -0.39 is 0 Å². The van der Waals surface area contributed by atoms with Crippen molar-refractivity contribution in [3.8, 4) is 5.75 Å². The Bertz CT molecular complexity index is 261. The van der Waals surface area contributed by atoms with Gasteiger partial charge in [0, 0.05) is 0 Å². The topological polar surface area (TPSA) is 27.7 Å². The van der Waals surface area contributed by atoms with E-state index in [1.165, 1.54) is 5.56 Å². The fraction of sp³-hybridized carbons (Fsp3) is 0.455. The molecule has 0 heterocycles. The average molecular weight is 322 g/mol. The summed E-state index contributed by atoms with van der Waals surface area (Å²) in [5.41, 5.74) is 1.23. The first-order valence-corrected chi connectivity index (χ1v) is 5.72. The van der Waals surface area contributed by atoms with E-state index in [0.717, 1.165) is 5.75 Å². The van der Waals surface area contributed by atoms with E-state index in [2.05, 4.69) is 6.92 Å². The van der Waals surface area contributed by atoms with Gasteiger partial charge >= 0.3 is 0 Å². The van der Waals surface area contributed by atoms with Crippen molar-refractivity contribution in [2.75, 3.05) is 26.4 Å². The Morgan fingerprint density at radius 1 is 1.00 bits per heavy atom. The SMILES string of the molecule is Cc1ccc(OCCOCCOI)cc1. The quantitative estimate of drug-likeness (QED) is 0.571. The van der Waals surface area contributed by atoms with Gasteiger partial charge in [0.05, 0.1) is 19.8 Å². The second-order valence-corrected chi connectivity index (χ2v) is 3.71. The van der Waals surface area contributed by atoms with Crippen molar-refractivity contribution in [2.24, 2.45) is 0 Å². The summed E-state index contributed by atoms with van der Waals surface area (Å²) in [5, 5.41) is 0. The van der Waals surface area contributed by atoms with Crippen molar-refractivity contribution < 1.29 is 12.5 Å². The lowest BCUT2D eigenvalue weighted by molar-refractivity contribution is 0.0854. The van der Waals surface area contributed by atoms with Crippen LogP contribution in [0.1, 0.15) is 5.56 Å². The Morgan fingerprint density at radius 2 is 1.67 bits per heavy atom. The Labute approximate surface area is 104 Å². The lowest BCUT2D eigenvalue weighted by Crippen LogP contribution is -2.09. The van der Waals surface area contributed by atoms with Crippen LogP contribution in [0.2, 0.25) is 0 Å². The van der Waals surface area contributed by atoms with Gasteiger partial charge in [-0.2, -0.15) is 0 Å². The molecule has 0 aliphatic carbocycles. The van der Waals surface area contributed by atoms with Gasteiger partial charge in [-0.15, -0.1) is 0 Å². The first-order valence-electron chi connectivity index (χ1n) is 4.83. The third kappa shape index (κ3) is 5.96. The van der Waals surface area contributed by atoms with Crippen molar-refractivity contribution in [3.63, 3.8) is 0 Å². The molecule has 0 bridgehead atoms. The van der Waals surface area contributed by atoms with Gasteiger partial charge in [-0.3, -0.25) is 0 Å². The third-order valence-electron chi connectivity index (χ3n) is 1.82. The lowest BCUT2D eigenvalue weighted by Gasteiger charge is -2.06. The first-order chi connectivity index (χ1) is 7.33. The fourth-order valence-corrected chi connectivity index (χ4v) is 1.23. The van der Waals surface area contributed by atoms with Gasteiger partial charge in [0.2, 0.25) is 0 Å². The molecule has 0 radical (unpaired) electrons. The van der Waals surface area contributed by atoms with Crippen LogP contribution in [-0.4, -0.2) is 26.4 Å². The molecule has 1 rings (SSSR count). The van der Waals surface area contributed by atoms with Gasteiger partial charge in [0.1, 0.15) is 35.4 Å². The molecule has 4 heteroatoms. The normalized spacial score (nSPS) is 10.3. The van der Waals surface area contributed by atoms with Gasteiger partial charge in [-0.25, -0.2) is 0 Å². The maximum absolute atomic E-state index is 5.47. The smallest absolute Gasteiger partial charge is 0.119 e. The van der Waals surface area contributed by atoms with Crippen LogP contribution in [0.4, 0.5) is 0 Å². The molecular formula is C11H15IO3. The Balaban J connectivity index is 2.07. The van der Waals surface area contributed by atoms with Crippen LogP contribution in [0.5, 0.6) is 5.75 Å². The van der Waals surface area contributed by atoms with E-state index in [-0.39, 0.29) is 0 Å². The number of hydrogen-bond acceptors (Lipinski definition) is 3. The second kappa shape index (κ2) is 7.90. The largest absolute Gasteiger partial charge is 0.491 e. The van der Waals surface area contributed by atoms with Gasteiger partial charge in [0.25, 0.3) is 0 Å². The summed E-state index contributed by atoms with van der Waals surface area (Å²) in [7, 11) is 0. The zero-order valence-corrected chi connectivity index (χ0v) is 10.9. The minimum Gasteiger partial charge on any atom is -0.491 e. The first kappa shape index (κ1) is 12.7. The van der Waals surface area contributed by atoms with E-state index in [0.29, 0.717) is 26.4 Å². The van der Waals surface area contributed by atoms with Crippen molar-refractivity contribution in [1.82, 2.24) is 0 Å². The molecule has 0 saturated carbocycles. The molecule has 15 heavy (non-hydrogen) atoms. The number of aryl methyl sites for hydroxylation is 1. The third-order valence-corrected chi connectivity index (χ3v) is 2.26. The van der Waals surface area contributed by atoms with E-state index >= 15 is 0 Å². The van der Waals surface area contributed by atoms with Gasteiger partial charge in [0.15, 0.2) is 0 Å². The molecule has 3 nitrogen and oxygen atoms in total. The molecule has 0 atom stereocenters. The molecular weight excluding hydrogens is 307 g/mol. The average Bonchev–Trinajstić information content (AvgIpc) is 2.26. The molecule has 0 fully saturated rings. The molecule has 0 unspecified atom stereocenters. The zero-order chi connectivity index (χ0) is 10.9.